The minimum Gasteiger partial charge on any atom is -0.391 e. The lowest BCUT2D eigenvalue weighted by atomic mass is 10.1. The van der Waals surface area contributed by atoms with Crippen LogP contribution in [0.3, 0.4) is 0 Å². The second-order valence-corrected chi connectivity index (χ2v) is 3.85. The van der Waals surface area contributed by atoms with E-state index in [9.17, 15) is 13.2 Å². The van der Waals surface area contributed by atoms with Crippen molar-refractivity contribution in [1.29, 1.82) is 0 Å². The maximum atomic E-state index is 10.9. The number of hydrogen-bond donors (Lipinski definition) is 4. The SMILES string of the molecule is C[C@@H](O)[C@@H](O)[C@H](OS(=O)(=O)O)C(=O)CO. The van der Waals surface area contributed by atoms with E-state index in [2.05, 4.69) is 4.18 Å². The maximum Gasteiger partial charge on any atom is 0.398 e. The zero-order chi connectivity index (χ0) is 12.2. The largest absolute Gasteiger partial charge is 0.398 e. The van der Waals surface area contributed by atoms with Crippen LogP contribution in [0.15, 0.2) is 0 Å². The van der Waals surface area contributed by atoms with Crippen molar-refractivity contribution >= 4 is 16.2 Å². The Labute approximate surface area is 86.1 Å². The predicted octanol–water partition coefficient (Wildman–Crippen LogP) is -2.52. The molecular weight excluding hydrogens is 232 g/mol. The topological polar surface area (TPSA) is 141 Å². The molecule has 0 aromatic carbocycles. The van der Waals surface area contributed by atoms with Crippen molar-refractivity contribution in [3.05, 3.63) is 0 Å². The fourth-order valence-electron chi connectivity index (χ4n) is 0.775. The fraction of sp³-hybridized carbons (Fsp3) is 0.833. The molecule has 8 nitrogen and oxygen atoms in total. The van der Waals surface area contributed by atoms with Gasteiger partial charge in [-0.15, -0.1) is 0 Å². The Morgan fingerprint density at radius 2 is 1.87 bits per heavy atom. The molecule has 0 spiro atoms. The van der Waals surface area contributed by atoms with Crippen LogP contribution in [0.5, 0.6) is 0 Å². The van der Waals surface area contributed by atoms with Gasteiger partial charge in [-0.1, -0.05) is 0 Å². The molecule has 0 saturated carbocycles. The number of ketones is 1. The molecule has 0 saturated heterocycles. The first kappa shape index (κ1) is 14.4. The van der Waals surface area contributed by atoms with E-state index in [0.29, 0.717) is 0 Å². The van der Waals surface area contributed by atoms with Crippen LogP contribution >= 0.6 is 0 Å². The first-order valence-corrected chi connectivity index (χ1v) is 5.21. The molecule has 0 bridgehead atoms. The molecule has 9 heteroatoms. The second-order valence-electron chi connectivity index (χ2n) is 2.80. The van der Waals surface area contributed by atoms with Gasteiger partial charge in [0.25, 0.3) is 0 Å². The highest BCUT2D eigenvalue weighted by atomic mass is 32.3. The minimum atomic E-state index is -4.96. The number of carbonyl (C=O) groups excluding carboxylic acids is 1. The standard InChI is InChI=1S/C6H12O8S/c1-3(8)5(10)6(4(9)2-7)14-15(11,12)13/h3,5-8,10H,2H2,1H3,(H,11,12,13)/t3-,5-,6-/m1/s1. The summed E-state index contributed by atoms with van der Waals surface area (Å²) < 4.78 is 32.7. The first-order chi connectivity index (χ1) is 6.69. The first-order valence-electron chi connectivity index (χ1n) is 3.84. The van der Waals surface area contributed by atoms with Crippen molar-refractivity contribution < 1.29 is 37.3 Å². The van der Waals surface area contributed by atoms with Crippen molar-refractivity contribution in [3.8, 4) is 0 Å². The number of rotatable bonds is 6. The molecule has 0 fully saturated rings. The van der Waals surface area contributed by atoms with Crippen LogP contribution in [0, 0.1) is 0 Å². The monoisotopic (exact) mass is 244 g/mol. The van der Waals surface area contributed by atoms with Crippen LogP contribution in [0.25, 0.3) is 0 Å². The highest BCUT2D eigenvalue weighted by Crippen LogP contribution is 2.08. The van der Waals surface area contributed by atoms with E-state index < -0.39 is 41.1 Å². The summed E-state index contributed by atoms with van der Waals surface area (Å²) in [5.74, 6) is -1.18. The zero-order valence-corrected chi connectivity index (χ0v) is 8.59. The summed E-state index contributed by atoms with van der Waals surface area (Å²) in [6.45, 7) is -0.0142. The number of carbonyl (C=O) groups is 1. The lowest BCUT2D eigenvalue weighted by Gasteiger charge is -2.21. The number of hydrogen-bond acceptors (Lipinski definition) is 7. The van der Waals surface area contributed by atoms with Gasteiger partial charge in [-0.25, -0.2) is 4.18 Å². The summed E-state index contributed by atoms with van der Waals surface area (Å²) in [6, 6.07) is 0. The van der Waals surface area contributed by atoms with E-state index in [1.54, 1.807) is 0 Å². The van der Waals surface area contributed by atoms with Crippen molar-refractivity contribution in [2.45, 2.75) is 25.2 Å². The highest BCUT2D eigenvalue weighted by Gasteiger charge is 2.34. The summed E-state index contributed by atoms with van der Waals surface area (Å²) in [5, 5.41) is 26.5. The van der Waals surface area contributed by atoms with Gasteiger partial charge in [-0.3, -0.25) is 9.35 Å². The van der Waals surface area contributed by atoms with E-state index in [1.165, 1.54) is 0 Å². The van der Waals surface area contributed by atoms with Crippen LogP contribution in [0.2, 0.25) is 0 Å². The van der Waals surface area contributed by atoms with Crippen LogP contribution < -0.4 is 0 Å². The molecule has 0 rings (SSSR count). The molecule has 0 unspecified atom stereocenters. The van der Waals surface area contributed by atoms with Gasteiger partial charge in [-0.2, -0.15) is 8.42 Å². The Morgan fingerprint density at radius 3 is 2.13 bits per heavy atom. The van der Waals surface area contributed by atoms with Gasteiger partial charge in [-0.05, 0) is 6.92 Å². The van der Waals surface area contributed by atoms with E-state index in [-0.39, 0.29) is 0 Å². The fourth-order valence-corrected chi connectivity index (χ4v) is 1.26. The molecule has 4 N–H and O–H groups in total. The highest BCUT2D eigenvalue weighted by molar-refractivity contribution is 7.80. The third kappa shape index (κ3) is 5.16. The number of aliphatic hydroxyl groups is 3. The summed E-state index contributed by atoms with van der Waals surface area (Å²) in [5.41, 5.74) is 0. The van der Waals surface area contributed by atoms with Gasteiger partial charge in [0.15, 0.2) is 11.9 Å². The van der Waals surface area contributed by atoms with Crippen molar-refractivity contribution in [2.75, 3.05) is 6.61 Å². The molecule has 0 aromatic rings. The Kier molecular flexibility index (Phi) is 5.28. The average molecular weight is 244 g/mol. The second kappa shape index (κ2) is 5.49. The van der Waals surface area contributed by atoms with Gasteiger partial charge in [0.1, 0.15) is 12.7 Å². The van der Waals surface area contributed by atoms with E-state index in [4.69, 9.17) is 19.9 Å². The molecule has 0 amide bonds. The summed E-state index contributed by atoms with van der Waals surface area (Å²) in [6.07, 6.45) is -5.37. The molecule has 0 aliphatic carbocycles. The molecule has 0 aromatic heterocycles. The summed E-state index contributed by atoms with van der Waals surface area (Å²) >= 11 is 0. The Balaban J connectivity index is 4.82. The zero-order valence-electron chi connectivity index (χ0n) is 7.77. The van der Waals surface area contributed by atoms with Gasteiger partial charge in [0.2, 0.25) is 0 Å². The van der Waals surface area contributed by atoms with Gasteiger partial charge < -0.3 is 15.3 Å². The Bertz CT molecular complexity index is 307. The molecule has 0 heterocycles. The van der Waals surface area contributed by atoms with E-state index in [1.807, 2.05) is 0 Å². The molecule has 0 radical (unpaired) electrons. The average Bonchev–Trinajstić information content (AvgIpc) is 2.10. The number of aliphatic hydroxyl groups excluding tert-OH is 3. The third-order valence-electron chi connectivity index (χ3n) is 1.50. The van der Waals surface area contributed by atoms with Crippen molar-refractivity contribution in [3.63, 3.8) is 0 Å². The molecule has 3 atom stereocenters. The van der Waals surface area contributed by atoms with Crippen molar-refractivity contribution in [1.82, 2.24) is 0 Å². The van der Waals surface area contributed by atoms with Crippen LogP contribution in [0.1, 0.15) is 6.92 Å². The Hall–Kier alpha value is -0.580. The van der Waals surface area contributed by atoms with Crippen LogP contribution in [-0.2, 0) is 19.4 Å². The normalized spacial score (nSPS) is 18.2. The molecule has 0 aliphatic heterocycles. The molecule has 15 heavy (non-hydrogen) atoms. The van der Waals surface area contributed by atoms with Gasteiger partial charge >= 0.3 is 10.4 Å². The predicted molar refractivity (Wildman–Crippen MR) is 46.2 cm³/mol. The van der Waals surface area contributed by atoms with Crippen LogP contribution in [0.4, 0.5) is 0 Å². The summed E-state index contributed by atoms with van der Waals surface area (Å²) in [7, 11) is -4.96. The van der Waals surface area contributed by atoms with E-state index in [0.717, 1.165) is 6.92 Å². The maximum absolute atomic E-state index is 10.9. The third-order valence-corrected chi connectivity index (χ3v) is 1.95. The van der Waals surface area contributed by atoms with Crippen molar-refractivity contribution in [2.24, 2.45) is 0 Å². The number of Topliss-reactive ketones (excluding diaryl/α,β-unsaturated/α-hetero) is 1. The van der Waals surface area contributed by atoms with Gasteiger partial charge in [0, 0.05) is 0 Å². The molecular formula is C6H12O8S. The smallest absolute Gasteiger partial charge is 0.391 e. The van der Waals surface area contributed by atoms with Gasteiger partial charge in [0.05, 0.1) is 6.10 Å². The molecule has 90 valence electrons. The van der Waals surface area contributed by atoms with E-state index >= 15 is 0 Å². The molecule has 0 aliphatic rings. The summed E-state index contributed by atoms with van der Waals surface area (Å²) in [4.78, 5) is 10.9. The lowest BCUT2D eigenvalue weighted by molar-refractivity contribution is -0.138. The van der Waals surface area contributed by atoms with Crippen LogP contribution in [-0.4, -0.2) is 59.0 Å². The lowest BCUT2D eigenvalue weighted by Crippen LogP contribution is -2.45. The Morgan fingerprint density at radius 1 is 1.40 bits per heavy atom. The quantitative estimate of drug-likeness (QED) is 0.375. The minimum absolute atomic E-state index is 1.08.